The molecule has 2 aliphatic rings. The summed E-state index contributed by atoms with van der Waals surface area (Å²) in [4.78, 5) is 47.7. The summed E-state index contributed by atoms with van der Waals surface area (Å²) in [6.45, 7) is 4.84. The zero-order valence-corrected chi connectivity index (χ0v) is 24.7. The van der Waals surface area contributed by atoms with Crippen LogP contribution in [0, 0.1) is 5.92 Å². The Bertz CT molecular complexity index is 1390. The second-order valence-corrected chi connectivity index (χ2v) is 11.8. The number of piperidine rings is 2. The van der Waals surface area contributed by atoms with Gasteiger partial charge >= 0.3 is 11.8 Å². The highest BCUT2D eigenvalue weighted by Crippen LogP contribution is 2.34. The predicted octanol–water partition coefficient (Wildman–Crippen LogP) is 1.98. The average Bonchev–Trinajstić information content (AvgIpc) is 3.41. The summed E-state index contributed by atoms with van der Waals surface area (Å²) < 4.78 is 6.18. The van der Waals surface area contributed by atoms with Crippen LogP contribution in [0.25, 0.3) is 10.2 Å². The molecule has 0 saturated carbocycles. The minimum Gasteiger partial charge on any atom is -0.480 e. The molecule has 3 amide bonds. The topological polar surface area (TPSA) is 131 Å². The van der Waals surface area contributed by atoms with Crippen molar-refractivity contribution in [3.63, 3.8) is 0 Å². The first kappa shape index (κ1) is 31.6. The molecule has 1 unspecified atom stereocenters. The normalized spacial score (nSPS) is 18.1. The van der Waals surface area contributed by atoms with Gasteiger partial charge in [-0.1, -0.05) is 24.3 Å². The number of nitrogens with zero attached hydrogens (tertiary/aromatic N) is 4. The third kappa shape index (κ3) is 7.92. The Kier molecular flexibility index (Phi) is 10.3. The lowest BCUT2D eigenvalue weighted by Gasteiger charge is -2.42. The number of ether oxygens (including phenoxy) is 1. The van der Waals surface area contributed by atoms with E-state index in [9.17, 15) is 14.4 Å². The van der Waals surface area contributed by atoms with Crippen molar-refractivity contribution in [2.45, 2.75) is 43.8 Å². The summed E-state index contributed by atoms with van der Waals surface area (Å²) in [5, 5.41) is 2.47. The highest BCUT2D eigenvalue weighted by Gasteiger charge is 2.28. The van der Waals surface area contributed by atoms with Gasteiger partial charge in [0.25, 0.3) is 5.91 Å². The number of pyridine rings is 1. The Labute approximate surface area is 254 Å². The lowest BCUT2D eigenvalue weighted by atomic mass is 9.48. The van der Waals surface area contributed by atoms with Crippen molar-refractivity contribution in [2.75, 3.05) is 38.6 Å². The smallest absolute Gasteiger partial charge is 0.313 e. The molecule has 10 nitrogen and oxygen atoms in total. The van der Waals surface area contributed by atoms with Crippen LogP contribution in [0.2, 0.25) is 0 Å². The summed E-state index contributed by atoms with van der Waals surface area (Å²) >= 11 is 1.79. The molecule has 0 aliphatic carbocycles. The Morgan fingerprint density at radius 2 is 1.83 bits per heavy atom. The van der Waals surface area contributed by atoms with Gasteiger partial charge in [0.2, 0.25) is 5.88 Å². The van der Waals surface area contributed by atoms with E-state index in [0.717, 1.165) is 44.3 Å². The fraction of sp³-hybridized carbons (Fsp3) is 0.464. The molecule has 42 heavy (non-hydrogen) atoms. The summed E-state index contributed by atoms with van der Waals surface area (Å²) in [5.41, 5.74) is 6.57. The van der Waals surface area contributed by atoms with E-state index in [1.807, 2.05) is 17.9 Å². The van der Waals surface area contributed by atoms with E-state index >= 15 is 0 Å². The summed E-state index contributed by atoms with van der Waals surface area (Å²) in [6.07, 6.45) is 5.25. The first-order valence-corrected chi connectivity index (χ1v) is 14.7. The molecule has 2 aliphatic heterocycles. The average molecular weight is 582 g/mol. The maximum absolute atomic E-state index is 12.2. The van der Waals surface area contributed by atoms with Crippen molar-refractivity contribution in [1.82, 2.24) is 19.8 Å². The van der Waals surface area contributed by atoms with E-state index in [1.54, 1.807) is 11.3 Å². The molecule has 3 N–H and O–H groups in total. The predicted molar refractivity (Wildman–Crippen MR) is 166 cm³/mol. The number of fused-ring (bicyclic) bond motifs is 1. The Morgan fingerprint density at radius 3 is 2.45 bits per heavy atom. The number of anilines is 1. The molecule has 3 aromatic rings. The van der Waals surface area contributed by atoms with E-state index in [2.05, 4.69) is 28.5 Å². The summed E-state index contributed by atoms with van der Waals surface area (Å²) in [5.74, 6) is -1.15. The van der Waals surface area contributed by atoms with Crippen molar-refractivity contribution in [1.29, 1.82) is 0 Å². The molecule has 4 heterocycles. The van der Waals surface area contributed by atoms with Gasteiger partial charge in [0, 0.05) is 19.0 Å². The zero-order chi connectivity index (χ0) is 30.4. The molecule has 0 bridgehead atoms. The second-order valence-electron chi connectivity index (χ2n) is 10.8. The first-order valence-electron chi connectivity index (χ1n) is 13.9. The quantitative estimate of drug-likeness (QED) is 0.348. The van der Waals surface area contributed by atoms with Gasteiger partial charge in [-0.3, -0.25) is 14.4 Å². The number of amides is 3. The van der Waals surface area contributed by atoms with Crippen LogP contribution >= 0.6 is 11.3 Å². The van der Waals surface area contributed by atoms with Crippen LogP contribution in [-0.2, 0) is 9.59 Å². The highest BCUT2D eigenvalue weighted by molar-refractivity contribution is 7.18. The number of nitrogens with two attached hydrogens (primary N) is 1. The number of primary amides is 1. The number of nitrogens with one attached hydrogen (secondary N) is 1. The molecule has 1 aromatic carbocycles. The van der Waals surface area contributed by atoms with Gasteiger partial charge in [-0.25, -0.2) is 9.97 Å². The Hall–Kier alpha value is -3.38. The van der Waals surface area contributed by atoms with Crippen molar-refractivity contribution >= 4 is 68.5 Å². The number of thiazole rings is 1. The molecular weight excluding hydrogens is 549 g/mol. The molecule has 6 radical (unpaired) electrons. The lowest BCUT2D eigenvalue weighted by molar-refractivity contribution is -0.144. The van der Waals surface area contributed by atoms with E-state index in [-0.39, 0.29) is 17.1 Å². The van der Waals surface area contributed by atoms with Crippen molar-refractivity contribution < 1.29 is 19.1 Å². The largest absolute Gasteiger partial charge is 0.480 e. The number of para-hydroxylation sites is 1. The lowest BCUT2D eigenvalue weighted by Crippen LogP contribution is -2.53. The number of rotatable bonds is 5. The minimum atomic E-state index is -1.20. The number of hydrogen-bond acceptors (Lipinski definition) is 8. The number of aromatic nitrogens is 2. The van der Waals surface area contributed by atoms with Crippen molar-refractivity contribution in [2.24, 2.45) is 11.7 Å². The van der Waals surface area contributed by atoms with Gasteiger partial charge in [0.1, 0.15) is 5.56 Å². The van der Waals surface area contributed by atoms with Crippen LogP contribution in [-0.4, -0.2) is 99.6 Å². The van der Waals surface area contributed by atoms with Crippen molar-refractivity contribution in [3.05, 3.63) is 47.1 Å². The van der Waals surface area contributed by atoms with Gasteiger partial charge < -0.3 is 25.6 Å². The number of hydrogen-bond donors (Lipinski definition) is 2. The van der Waals surface area contributed by atoms with Gasteiger partial charge in [0.05, 0.1) is 57.8 Å². The van der Waals surface area contributed by atoms with Crippen LogP contribution in [0.3, 0.4) is 0 Å². The summed E-state index contributed by atoms with van der Waals surface area (Å²) in [6, 6.07) is 9.60. The van der Waals surface area contributed by atoms with E-state index in [0.29, 0.717) is 24.9 Å². The van der Waals surface area contributed by atoms with Crippen molar-refractivity contribution in [3.8, 4) is 5.88 Å². The number of benzene rings is 1. The van der Waals surface area contributed by atoms with E-state index in [1.165, 1.54) is 34.0 Å². The minimum absolute atomic E-state index is 0.0318. The first-order chi connectivity index (χ1) is 20.0. The van der Waals surface area contributed by atoms with Crippen LogP contribution in [0.5, 0.6) is 5.88 Å². The van der Waals surface area contributed by atoms with Gasteiger partial charge in [0.15, 0.2) is 0 Å². The highest BCUT2D eigenvalue weighted by atomic mass is 32.1. The van der Waals surface area contributed by atoms with Crippen LogP contribution < -0.4 is 15.8 Å². The van der Waals surface area contributed by atoms with Gasteiger partial charge in [-0.15, -0.1) is 11.3 Å². The standard InChI is InChI=1S/C15H20N4O4.C13H13B3N2S/c1-9-4-3-5-19(8-9)15(22)13(21)18-10-6-11(12(16)20)14(23-2)17-7-10;14-13(15,16)18-7-5-9(6-8-18)12-17-10-3-1-2-4-11(10)19-12/h6-7,9H,3-5,8H2,1-2H3,(H2,16,20)(H,18,21);1-4,9H,5-8H2. The second kappa shape index (κ2) is 13.7. The molecule has 2 saturated heterocycles. The van der Waals surface area contributed by atoms with Gasteiger partial charge in [-0.2, -0.15) is 0 Å². The van der Waals surface area contributed by atoms with E-state index in [4.69, 9.17) is 39.0 Å². The number of carbonyl (C=O) groups excluding carboxylic acids is 3. The van der Waals surface area contributed by atoms with E-state index < -0.39 is 23.0 Å². The maximum atomic E-state index is 12.2. The molecule has 0 spiro atoms. The fourth-order valence-electron chi connectivity index (χ4n) is 5.14. The summed E-state index contributed by atoms with van der Waals surface area (Å²) in [7, 11) is 18.5. The fourth-order valence-corrected chi connectivity index (χ4v) is 6.28. The van der Waals surface area contributed by atoms with Gasteiger partial charge in [-0.05, 0) is 62.9 Å². The Balaban J connectivity index is 0.000000196. The monoisotopic (exact) mass is 582 g/mol. The number of likely N-dealkylation sites (tertiary alicyclic amines) is 2. The molecule has 14 heteroatoms. The Morgan fingerprint density at radius 1 is 1.12 bits per heavy atom. The zero-order valence-electron chi connectivity index (χ0n) is 23.9. The molecular formula is C28H33B3N6O4S. The SMILES string of the molecule is COc1ncc(NC(=O)C(=O)N2CCCC(C)C2)cc1C(N)=O.[B]C([B])([B])N1CCC(c2nc3ccccc3s2)CC1. The molecule has 2 aromatic heterocycles. The third-order valence-corrected chi connectivity index (χ3v) is 8.61. The molecule has 5 rings (SSSR count). The molecule has 1 atom stereocenters. The third-order valence-electron chi connectivity index (χ3n) is 7.41. The van der Waals surface area contributed by atoms with Crippen LogP contribution in [0.15, 0.2) is 36.5 Å². The molecule has 214 valence electrons. The number of carbonyl (C=O) groups is 3. The molecule has 2 fully saturated rings. The van der Waals surface area contributed by atoms with Crippen LogP contribution in [0.1, 0.15) is 53.9 Å². The van der Waals surface area contributed by atoms with Crippen LogP contribution in [0.4, 0.5) is 5.69 Å². The maximum Gasteiger partial charge on any atom is 0.313 e. The number of methoxy groups -OCH3 is 1.